The van der Waals surface area contributed by atoms with Gasteiger partial charge in [0.05, 0.1) is 21.1 Å². The highest BCUT2D eigenvalue weighted by molar-refractivity contribution is 7.92. The number of pyridine rings is 1. The van der Waals surface area contributed by atoms with Crippen LogP contribution in [0.4, 0.5) is 0 Å². The number of sulfone groups is 1. The van der Waals surface area contributed by atoms with E-state index >= 15 is 0 Å². The molecule has 2 aliphatic rings. The third-order valence-electron chi connectivity index (χ3n) is 4.58. The molecular weight excluding hydrogens is 312 g/mol. The highest BCUT2D eigenvalue weighted by atomic mass is 35.5. The Bertz CT molecular complexity index is 671. The number of carbonyl (C=O) groups excluding carboxylic acids is 1. The summed E-state index contributed by atoms with van der Waals surface area (Å²) in [5.74, 6) is -0.0880. The first-order chi connectivity index (χ1) is 9.92. The van der Waals surface area contributed by atoms with Gasteiger partial charge in [-0.15, -0.1) is 0 Å². The van der Waals surface area contributed by atoms with Gasteiger partial charge in [-0.2, -0.15) is 0 Å². The monoisotopic (exact) mass is 328 g/mol. The SMILES string of the molecule is O=C(NC1CCS(=O)(=O)C2(CCC2)C1)c1cncc(Cl)c1. The lowest BCUT2D eigenvalue weighted by Gasteiger charge is -2.46. The van der Waals surface area contributed by atoms with Crippen molar-refractivity contribution in [1.29, 1.82) is 0 Å². The summed E-state index contributed by atoms with van der Waals surface area (Å²) in [6, 6.07) is 1.46. The van der Waals surface area contributed by atoms with Crippen LogP contribution in [0.1, 0.15) is 42.5 Å². The van der Waals surface area contributed by atoms with Crippen LogP contribution in [0.3, 0.4) is 0 Å². The summed E-state index contributed by atoms with van der Waals surface area (Å²) in [5.41, 5.74) is 0.401. The van der Waals surface area contributed by atoms with Gasteiger partial charge in [0.25, 0.3) is 5.91 Å². The van der Waals surface area contributed by atoms with Gasteiger partial charge in [0.1, 0.15) is 0 Å². The molecule has 1 N–H and O–H groups in total. The van der Waals surface area contributed by atoms with E-state index in [0.717, 1.165) is 19.3 Å². The van der Waals surface area contributed by atoms with Crippen molar-refractivity contribution >= 4 is 27.3 Å². The van der Waals surface area contributed by atoms with E-state index in [1.165, 1.54) is 12.4 Å². The van der Waals surface area contributed by atoms with Crippen molar-refractivity contribution in [1.82, 2.24) is 10.3 Å². The average Bonchev–Trinajstić information content (AvgIpc) is 2.38. The molecular formula is C14H17ClN2O3S. The summed E-state index contributed by atoms with van der Waals surface area (Å²) >= 11 is 5.82. The van der Waals surface area contributed by atoms with E-state index in [2.05, 4.69) is 10.3 Å². The molecule has 0 aromatic carbocycles. The summed E-state index contributed by atoms with van der Waals surface area (Å²) in [6.07, 6.45) is 6.33. The molecule has 2 heterocycles. The van der Waals surface area contributed by atoms with Gasteiger partial charge in [-0.25, -0.2) is 8.42 Å². The van der Waals surface area contributed by atoms with E-state index in [9.17, 15) is 13.2 Å². The number of nitrogens with zero attached hydrogens (tertiary/aromatic N) is 1. The Morgan fingerprint density at radius 1 is 1.38 bits per heavy atom. The second-order valence-electron chi connectivity index (χ2n) is 5.91. The quantitative estimate of drug-likeness (QED) is 0.900. The van der Waals surface area contributed by atoms with Crippen LogP contribution in [0, 0.1) is 0 Å². The van der Waals surface area contributed by atoms with Crippen molar-refractivity contribution in [2.24, 2.45) is 0 Å². The van der Waals surface area contributed by atoms with Crippen LogP contribution in [0.2, 0.25) is 5.02 Å². The molecule has 21 heavy (non-hydrogen) atoms. The predicted octanol–water partition coefficient (Wildman–Crippen LogP) is 1.96. The lowest BCUT2D eigenvalue weighted by Crippen LogP contribution is -2.55. The Morgan fingerprint density at radius 3 is 2.76 bits per heavy atom. The van der Waals surface area contributed by atoms with Crippen LogP contribution in [-0.2, 0) is 9.84 Å². The van der Waals surface area contributed by atoms with Crippen LogP contribution >= 0.6 is 11.6 Å². The van der Waals surface area contributed by atoms with Crippen molar-refractivity contribution in [3.8, 4) is 0 Å². The molecule has 1 aliphatic carbocycles. The zero-order chi connectivity index (χ0) is 15.1. The number of rotatable bonds is 2. The molecule has 1 atom stereocenters. The Hall–Kier alpha value is -1.14. The van der Waals surface area contributed by atoms with E-state index in [-0.39, 0.29) is 17.7 Å². The summed E-state index contributed by atoms with van der Waals surface area (Å²) < 4.78 is 23.8. The second-order valence-corrected chi connectivity index (χ2v) is 8.85. The highest BCUT2D eigenvalue weighted by Crippen LogP contribution is 2.46. The minimum absolute atomic E-state index is 0.0969. The molecule has 2 fully saturated rings. The molecule has 5 nitrogen and oxygen atoms in total. The van der Waals surface area contributed by atoms with Gasteiger partial charge in [-0.05, 0) is 31.7 Å². The van der Waals surface area contributed by atoms with Crippen molar-refractivity contribution in [2.45, 2.75) is 42.9 Å². The lowest BCUT2D eigenvalue weighted by molar-refractivity contribution is 0.0924. The summed E-state index contributed by atoms with van der Waals surface area (Å²) in [4.78, 5) is 16.1. The van der Waals surface area contributed by atoms with Gasteiger partial charge in [-0.1, -0.05) is 18.0 Å². The fourth-order valence-electron chi connectivity index (χ4n) is 3.21. The van der Waals surface area contributed by atoms with Crippen molar-refractivity contribution in [2.75, 3.05) is 5.75 Å². The number of aromatic nitrogens is 1. The molecule has 0 radical (unpaired) electrons. The zero-order valence-corrected chi connectivity index (χ0v) is 13.1. The number of carbonyl (C=O) groups is 1. The second kappa shape index (κ2) is 5.25. The minimum Gasteiger partial charge on any atom is -0.349 e. The van der Waals surface area contributed by atoms with Crippen LogP contribution in [0.25, 0.3) is 0 Å². The largest absolute Gasteiger partial charge is 0.349 e. The molecule has 1 amide bonds. The fraction of sp³-hybridized carbons (Fsp3) is 0.571. The van der Waals surface area contributed by atoms with Gasteiger partial charge >= 0.3 is 0 Å². The van der Waals surface area contributed by atoms with E-state index in [0.29, 0.717) is 23.4 Å². The number of hydrogen-bond acceptors (Lipinski definition) is 4. The van der Waals surface area contributed by atoms with E-state index < -0.39 is 14.6 Å². The average molecular weight is 329 g/mol. The first-order valence-electron chi connectivity index (χ1n) is 7.06. The van der Waals surface area contributed by atoms with E-state index in [1.807, 2.05) is 0 Å². The maximum absolute atomic E-state index is 12.2. The molecule has 7 heteroatoms. The van der Waals surface area contributed by atoms with Crippen LogP contribution in [-0.4, -0.2) is 35.9 Å². The fourth-order valence-corrected chi connectivity index (χ4v) is 5.77. The van der Waals surface area contributed by atoms with Gasteiger partial charge in [-0.3, -0.25) is 9.78 Å². The molecule has 1 aliphatic heterocycles. The van der Waals surface area contributed by atoms with Gasteiger partial charge in [0.2, 0.25) is 0 Å². The molecule has 1 aromatic rings. The first-order valence-corrected chi connectivity index (χ1v) is 9.09. The number of halogens is 1. The number of nitrogens with one attached hydrogen (secondary N) is 1. The Balaban J connectivity index is 1.70. The Labute approximate surface area is 129 Å². The van der Waals surface area contributed by atoms with Gasteiger partial charge in [0, 0.05) is 18.4 Å². The summed E-state index contributed by atoms with van der Waals surface area (Å²) in [5, 5.41) is 3.33. The molecule has 114 valence electrons. The van der Waals surface area contributed by atoms with Crippen molar-refractivity contribution < 1.29 is 13.2 Å². The summed E-state index contributed by atoms with van der Waals surface area (Å²) in [6.45, 7) is 0. The van der Waals surface area contributed by atoms with Gasteiger partial charge < -0.3 is 5.32 Å². The topological polar surface area (TPSA) is 76.1 Å². The molecule has 1 unspecified atom stereocenters. The predicted molar refractivity (Wildman–Crippen MR) is 80.1 cm³/mol. The minimum atomic E-state index is -3.01. The standard InChI is InChI=1S/C14H17ClN2O3S/c15-11-6-10(8-16-9-11)13(18)17-12-2-5-21(19,20)14(7-12)3-1-4-14/h6,8-9,12H,1-5,7H2,(H,17,18). The lowest BCUT2D eigenvalue weighted by atomic mass is 9.78. The van der Waals surface area contributed by atoms with Crippen molar-refractivity contribution in [3.63, 3.8) is 0 Å². The van der Waals surface area contributed by atoms with E-state index in [1.54, 1.807) is 6.07 Å². The molecule has 1 aromatic heterocycles. The number of hydrogen-bond donors (Lipinski definition) is 1. The molecule has 0 bridgehead atoms. The maximum atomic E-state index is 12.2. The smallest absolute Gasteiger partial charge is 0.253 e. The summed E-state index contributed by atoms with van der Waals surface area (Å²) in [7, 11) is -3.01. The van der Waals surface area contributed by atoms with Crippen LogP contribution in [0.5, 0.6) is 0 Å². The highest BCUT2D eigenvalue weighted by Gasteiger charge is 2.52. The van der Waals surface area contributed by atoms with E-state index in [4.69, 9.17) is 11.6 Å². The third kappa shape index (κ3) is 2.66. The molecule has 1 saturated heterocycles. The first kappa shape index (κ1) is 14.8. The van der Waals surface area contributed by atoms with Crippen LogP contribution < -0.4 is 5.32 Å². The molecule has 3 rings (SSSR count). The molecule has 1 saturated carbocycles. The third-order valence-corrected chi connectivity index (χ3v) is 7.45. The zero-order valence-electron chi connectivity index (χ0n) is 11.5. The Kier molecular flexibility index (Phi) is 3.69. The maximum Gasteiger partial charge on any atom is 0.253 e. The van der Waals surface area contributed by atoms with Gasteiger partial charge in [0.15, 0.2) is 9.84 Å². The number of amides is 1. The van der Waals surface area contributed by atoms with Crippen molar-refractivity contribution in [3.05, 3.63) is 29.0 Å². The Morgan fingerprint density at radius 2 is 2.14 bits per heavy atom. The van der Waals surface area contributed by atoms with Crippen LogP contribution in [0.15, 0.2) is 18.5 Å². The normalized spacial score (nSPS) is 26.0. The molecule has 1 spiro atoms.